The van der Waals surface area contributed by atoms with Gasteiger partial charge in [-0.3, -0.25) is 10.1 Å². The molecule has 0 radical (unpaired) electrons. The zero-order valence-electron chi connectivity index (χ0n) is 13.3. The van der Waals surface area contributed by atoms with Crippen LogP contribution in [0.25, 0.3) is 0 Å². The fourth-order valence-corrected chi connectivity index (χ4v) is 2.67. The molecule has 1 N–H and O–H groups in total. The van der Waals surface area contributed by atoms with Crippen molar-refractivity contribution < 1.29 is 9.53 Å². The normalized spacial score (nSPS) is 15.5. The average Bonchev–Trinajstić information content (AvgIpc) is 2.56. The fraction of sp³-hybridized carbons (Fsp3) is 0.438. The number of ether oxygens (including phenoxy) is 1. The number of thiocarbonyl (C=S) groups is 1. The molecule has 2 rings (SSSR count). The number of benzene rings is 1. The maximum atomic E-state index is 12.5. The van der Waals surface area contributed by atoms with Gasteiger partial charge in [0.1, 0.15) is 5.75 Å². The highest BCUT2D eigenvalue weighted by Gasteiger charge is 2.27. The van der Waals surface area contributed by atoms with Crippen molar-refractivity contribution in [3.8, 4) is 11.9 Å². The van der Waals surface area contributed by atoms with Gasteiger partial charge in [0, 0.05) is 26.2 Å². The number of rotatable bonds is 3. The summed E-state index contributed by atoms with van der Waals surface area (Å²) >= 11 is 5.09. The van der Waals surface area contributed by atoms with E-state index in [1.165, 1.54) is 0 Å². The van der Waals surface area contributed by atoms with E-state index in [9.17, 15) is 4.79 Å². The minimum absolute atomic E-state index is 0.0351. The number of carbonyl (C=O) groups excluding carboxylic acids is 1. The summed E-state index contributed by atoms with van der Waals surface area (Å²) in [6, 6.07) is 7.64. The quantitative estimate of drug-likeness (QED) is 0.511. The molecular weight excluding hydrogens is 312 g/mol. The van der Waals surface area contributed by atoms with Crippen LogP contribution in [0.2, 0.25) is 0 Å². The Morgan fingerprint density at radius 2 is 1.91 bits per heavy atom. The van der Waals surface area contributed by atoms with Gasteiger partial charge in [0.05, 0.1) is 0 Å². The molecule has 1 aliphatic rings. The first-order chi connectivity index (χ1) is 11.0. The monoisotopic (exact) mass is 332 g/mol. The van der Waals surface area contributed by atoms with E-state index in [4.69, 9.17) is 22.2 Å². The number of aryl methyl sites for hydroxylation is 1. The first kappa shape index (κ1) is 17.0. The first-order valence-electron chi connectivity index (χ1n) is 7.48. The van der Waals surface area contributed by atoms with Gasteiger partial charge in [-0.2, -0.15) is 5.26 Å². The lowest BCUT2D eigenvalue weighted by atomic mass is 10.2. The molecule has 122 valence electrons. The molecule has 1 unspecified atom stereocenters. The van der Waals surface area contributed by atoms with Crippen LogP contribution in [-0.4, -0.2) is 53.1 Å². The van der Waals surface area contributed by atoms with Crippen LogP contribution in [0.5, 0.6) is 5.75 Å². The maximum absolute atomic E-state index is 12.5. The van der Waals surface area contributed by atoms with Gasteiger partial charge in [-0.25, -0.2) is 0 Å². The van der Waals surface area contributed by atoms with Crippen molar-refractivity contribution in [2.24, 2.45) is 0 Å². The summed E-state index contributed by atoms with van der Waals surface area (Å²) in [5.74, 6) is 0.693. The topological polar surface area (TPSA) is 68.6 Å². The summed E-state index contributed by atoms with van der Waals surface area (Å²) in [6.07, 6.45) is 1.28. The van der Waals surface area contributed by atoms with Crippen LogP contribution in [0.4, 0.5) is 0 Å². The van der Waals surface area contributed by atoms with Gasteiger partial charge in [-0.1, -0.05) is 18.2 Å². The highest BCUT2D eigenvalue weighted by atomic mass is 32.1. The van der Waals surface area contributed by atoms with Gasteiger partial charge in [0.25, 0.3) is 5.91 Å². The zero-order valence-corrected chi connectivity index (χ0v) is 14.1. The Morgan fingerprint density at radius 3 is 2.52 bits per heavy atom. The van der Waals surface area contributed by atoms with Crippen LogP contribution in [-0.2, 0) is 4.79 Å². The average molecular weight is 332 g/mol. The molecule has 0 bridgehead atoms. The van der Waals surface area contributed by atoms with Gasteiger partial charge in [-0.15, -0.1) is 0 Å². The van der Waals surface area contributed by atoms with Crippen molar-refractivity contribution in [3.63, 3.8) is 0 Å². The number of nitriles is 1. The third-order valence-corrected chi connectivity index (χ3v) is 4.15. The maximum Gasteiger partial charge on any atom is 0.263 e. The van der Waals surface area contributed by atoms with E-state index in [-0.39, 0.29) is 5.91 Å². The highest BCUT2D eigenvalue weighted by molar-refractivity contribution is 7.80. The van der Waals surface area contributed by atoms with E-state index >= 15 is 0 Å². The van der Waals surface area contributed by atoms with Crippen molar-refractivity contribution in [1.82, 2.24) is 15.1 Å². The lowest BCUT2D eigenvalue weighted by Crippen LogP contribution is -2.54. The third-order valence-electron chi connectivity index (χ3n) is 3.79. The van der Waals surface area contributed by atoms with Crippen LogP contribution < -0.4 is 10.1 Å². The number of hydrogen-bond acceptors (Lipinski definition) is 4. The van der Waals surface area contributed by atoms with Gasteiger partial charge in [0.2, 0.25) is 0 Å². The van der Waals surface area contributed by atoms with Crippen molar-refractivity contribution in [1.29, 1.82) is 5.26 Å². The van der Waals surface area contributed by atoms with Gasteiger partial charge >= 0.3 is 0 Å². The lowest BCUT2D eigenvalue weighted by Gasteiger charge is -2.36. The second-order valence-corrected chi connectivity index (χ2v) is 5.77. The Morgan fingerprint density at radius 1 is 1.30 bits per heavy atom. The second kappa shape index (κ2) is 7.79. The summed E-state index contributed by atoms with van der Waals surface area (Å²) < 4.78 is 5.79. The number of nitrogens with zero attached hydrogens (tertiary/aromatic N) is 3. The largest absolute Gasteiger partial charge is 0.481 e. The lowest BCUT2D eigenvalue weighted by molar-refractivity contribution is -0.139. The molecular formula is C16H20N4O2S. The summed E-state index contributed by atoms with van der Waals surface area (Å²) in [5.41, 5.74) is 1.00. The van der Waals surface area contributed by atoms with Crippen molar-refractivity contribution >= 4 is 23.2 Å². The fourth-order valence-electron chi connectivity index (χ4n) is 2.44. The van der Waals surface area contributed by atoms with Gasteiger partial charge in [0.15, 0.2) is 17.4 Å². The molecule has 0 spiro atoms. The third kappa shape index (κ3) is 4.33. The van der Waals surface area contributed by atoms with Gasteiger partial charge in [-0.05, 0) is 37.7 Å². The number of amides is 1. The predicted molar refractivity (Wildman–Crippen MR) is 90.8 cm³/mol. The molecule has 0 aromatic heterocycles. The molecule has 1 atom stereocenters. The summed E-state index contributed by atoms with van der Waals surface area (Å²) in [5, 5.41) is 11.4. The van der Waals surface area contributed by atoms with Crippen molar-refractivity contribution in [2.75, 3.05) is 26.2 Å². The molecule has 0 saturated carbocycles. The number of piperazine rings is 1. The molecule has 1 aromatic rings. The SMILES string of the molecule is Cc1ccccc1OC(C)C(=O)N1CCN(C(=S)NC#N)CC1. The van der Waals surface area contributed by atoms with E-state index in [2.05, 4.69) is 5.32 Å². The van der Waals surface area contributed by atoms with E-state index in [0.29, 0.717) is 31.3 Å². The minimum atomic E-state index is -0.535. The Labute approximate surface area is 141 Å². The Balaban J connectivity index is 1.88. The standard InChI is InChI=1S/C16H20N4O2S/c1-12-5-3-4-6-14(12)22-13(2)15(21)19-7-9-20(10-8-19)16(23)18-11-17/h3-6,13H,7-10H2,1-2H3,(H,18,23). The number of para-hydroxylation sites is 1. The first-order valence-corrected chi connectivity index (χ1v) is 7.89. The smallest absolute Gasteiger partial charge is 0.263 e. The molecule has 7 heteroatoms. The minimum Gasteiger partial charge on any atom is -0.481 e. The molecule has 1 aromatic carbocycles. The molecule has 0 aliphatic carbocycles. The van der Waals surface area contributed by atoms with Crippen molar-refractivity contribution in [2.45, 2.75) is 20.0 Å². The van der Waals surface area contributed by atoms with Crippen LogP contribution in [0.3, 0.4) is 0 Å². The van der Waals surface area contributed by atoms with Crippen LogP contribution in [0.1, 0.15) is 12.5 Å². The Kier molecular flexibility index (Phi) is 5.77. The number of carbonyl (C=O) groups is 1. The summed E-state index contributed by atoms with van der Waals surface area (Å²) in [4.78, 5) is 16.2. The van der Waals surface area contributed by atoms with Crippen LogP contribution in [0, 0.1) is 18.4 Å². The van der Waals surface area contributed by atoms with E-state index < -0.39 is 6.10 Å². The van der Waals surface area contributed by atoms with E-state index in [1.807, 2.05) is 42.3 Å². The summed E-state index contributed by atoms with van der Waals surface area (Å²) in [7, 11) is 0. The molecule has 23 heavy (non-hydrogen) atoms. The number of nitrogens with one attached hydrogen (secondary N) is 1. The number of hydrogen-bond donors (Lipinski definition) is 1. The molecule has 1 saturated heterocycles. The molecule has 1 amide bonds. The molecule has 1 aliphatic heterocycles. The Hall–Kier alpha value is -2.33. The van der Waals surface area contributed by atoms with E-state index in [1.54, 1.807) is 11.8 Å². The van der Waals surface area contributed by atoms with Crippen molar-refractivity contribution in [3.05, 3.63) is 29.8 Å². The zero-order chi connectivity index (χ0) is 16.8. The Bertz CT molecular complexity index is 621. The van der Waals surface area contributed by atoms with Crippen LogP contribution in [0.15, 0.2) is 24.3 Å². The highest BCUT2D eigenvalue weighted by Crippen LogP contribution is 2.18. The predicted octanol–water partition coefficient (Wildman–Crippen LogP) is 1.26. The molecule has 6 nitrogen and oxygen atoms in total. The van der Waals surface area contributed by atoms with Crippen LogP contribution >= 0.6 is 12.2 Å². The van der Waals surface area contributed by atoms with Gasteiger partial charge < -0.3 is 14.5 Å². The molecule has 1 fully saturated rings. The molecule has 1 heterocycles. The van der Waals surface area contributed by atoms with E-state index in [0.717, 1.165) is 11.3 Å². The second-order valence-electron chi connectivity index (χ2n) is 5.38. The summed E-state index contributed by atoms with van der Waals surface area (Å²) in [6.45, 7) is 6.06.